The Morgan fingerprint density at radius 1 is 0.250 bits per heavy atom. The highest BCUT2D eigenvalue weighted by atomic mass is 15.2. The Bertz CT molecular complexity index is 3880. The molecule has 0 aliphatic heterocycles. The van der Waals surface area contributed by atoms with Gasteiger partial charge in [0.15, 0.2) is 0 Å². The molecular weight excluding hydrogens is 777 g/mol. The van der Waals surface area contributed by atoms with E-state index in [2.05, 4.69) is 228 Å². The lowest BCUT2D eigenvalue weighted by molar-refractivity contribution is 0.996. The highest BCUT2D eigenvalue weighted by Gasteiger charge is 2.19. The maximum atomic E-state index is 5.26. The van der Waals surface area contributed by atoms with Crippen molar-refractivity contribution < 1.29 is 0 Å². The summed E-state index contributed by atoms with van der Waals surface area (Å²) in [6, 6.07) is 82.8. The number of fused-ring (bicyclic) bond motifs is 9. The van der Waals surface area contributed by atoms with Gasteiger partial charge in [0.25, 0.3) is 0 Å². The van der Waals surface area contributed by atoms with Gasteiger partial charge in [0.2, 0.25) is 5.95 Å². The molecule has 3 heterocycles. The first-order chi connectivity index (χ1) is 31.7. The maximum Gasteiger partial charge on any atom is 0.235 e. The summed E-state index contributed by atoms with van der Waals surface area (Å²) in [5, 5.41) is 9.77. The smallest absolute Gasteiger partial charge is 0.235 e. The van der Waals surface area contributed by atoms with E-state index in [0.717, 1.165) is 50.1 Å². The molecule has 0 N–H and O–H groups in total. The molecule has 0 bridgehead atoms. The fourth-order valence-electron chi connectivity index (χ4n) is 9.85. The average Bonchev–Trinajstić information content (AvgIpc) is 3.89. The van der Waals surface area contributed by atoms with Gasteiger partial charge in [0.1, 0.15) is 0 Å². The highest BCUT2D eigenvalue weighted by Crippen LogP contribution is 2.39. The molecule has 0 aliphatic carbocycles. The minimum absolute atomic E-state index is 0.645. The first-order valence-corrected chi connectivity index (χ1v) is 21.8. The Morgan fingerprint density at radius 2 is 0.688 bits per heavy atom. The summed E-state index contributed by atoms with van der Waals surface area (Å²) in [5.74, 6) is 0.645. The number of rotatable bonds is 6. The molecular formula is C60H38N4. The Morgan fingerprint density at radius 3 is 1.30 bits per heavy atom. The third-order valence-electron chi connectivity index (χ3n) is 12.9. The number of hydrogen-bond donors (Lipinski definition) is 0. The van der Waals surface area contributed by atoms with Gasteiger partial charge in [-0.05, 0) is 104 Å². The van der Waals surface area contributed by atoms with E-state index in [1.807, 2.05) is 12.1 Å². The topological polar surface area (TPSA) is 35.6 Å². The molecule has 10 aromatic carbocycles. The van der Waals surface area contributed by atoms with Crippen molar-refractivity contribution in [3.05, 3.63) is 231 Å². The molecule has 0 aliphatic rings. The highest BCUT2D eigenvalue weighted by molar-refractivity contribution is 6.13. The van der Waals surface area contributed by atoms with Crippen molar-refractivity contribution in [2.24, 2.45) is 0 Å². The zero-order valence-electron chi connectivity index (χ0n) is 34.7. The van der Waals surface area contributed by atoms with Crippen molar-refractivity contribution in [2.45, 2.75) is 0 Å². The van der Waals surface area contributed by atoms with E-state index in [1.54, 1.807) is 0 Å². The molecule has 0 atom stereocenters. The van der Waals surface area contributed by atoms with Crippen LogP contribution in [0.4, 0.5) is 0 Å². The molecule has 3 aromatic heterocycles. The van der Waals surface area contributed by atoms with Crippen LogP contribution in [0, 0.1) is 0 Å². The molecule has 4 nitrogen and oxygen atoms in total. The predicted molar refractivity (Wildman–Crippen MR) is 267 cm³/mol. The lowest BCUT2D eigenvalue weighted by Crippen LogP contribution is -2.04. The van der Waals surface area contributed by atoms with E-state index >= 15 is 0 Å². The summed E-state index contributed by atoms with van der Waals surface area (Å²) in [4.78, 5) is 10.5. The summed E-state index contributed by atoms with van der Waals surface area (Å²) >= 11 is 0. The first kappa shape index (κ1) is 36.1. The van der Waals surface area contributed by atoms with Crippen molar-refractivity contribution in [1.82, 2.24) is 19.1 Å². The Balaban J connectivity index is 0.904. The van der Waals surface area contributed by atoms with Crippen molar-refractivity contribution >= 4 is 65.2 Å². The molecule has 4 heteroatoms. The quantitative estimate of drug-likeness (QED) is 0.157. The van der Waals surface area contributed by atoms with Gasteiger partial charge in [0, 0.05) is 38.4 Å². The van der Waals surface area contributed by atoms with Gasteiger partial charge in [-0.3, -0.25) is 4.57 Å². The van der Waals surface area contributed by atoms with E-state index in [9.17, 15) is 0 Å². The molecule has 0 unspecified atom stereocenters. The second-order valence-electron chi connectivity index (χ2n) is 16.6. The molecule has 0 amide bonds. The Kier molecular flexibility index (Phi) is 8.18. The van der Waals surface area contributed by atoms with E-state index in [0.29, 0.717) is 5.95 Å². The van der Waals surface area contributed by atoms with Crippen molar-refractivity contribution in [3.63, 3.8) is 0 Å². The van der Waals surface area contributed by atoms with E-state index in [-0.39, 0.29) is 0 Å². The van der Waals surface area contributed by atoms with Crippen LogP contribution in [-0.2, 0) is 0 Å². The molecule has 0 spiro atoms. The van der Waals surface area contributed by atoms with Crippen molar-refractivity contribution in [2.75, 3.05) is 0 Å². The van der Waals surface area contributed by atoms with Crippen LogP contribution in [0.25, 0.3) is 122 Å². The van der Waals surface area contributed by atoms with Crippen molar-refractivity contribution in [3.8, 4) is 56.4 Å². The molecule has 64 heavy (non-hydrogen) atoms. The van der Waals surface area contributed by atoms with Crippen LogP contribution in [0.3, 0.4) is 0 Å². The molecule has 0 radical (unpaired) electrons. The van der Waals surface area contributed by atoms with Gasteiger partial charge < -0.3 is 4.57 Å². The van der Waals surface area contributed by atoms with Gasteiger partial charge in [-0.1, -0.05) is 170 Å². The summed E-state index contributed by atoms with van der Waals surface area (Å²) in [6.07, 6.45) is 0. The summed E-state index contributed by atoms with van der Waals surface area (Å²) in [7, 11) is 0. The van der Waals surface area contributed by atoms with Gasteiger partial charge in [0.05, 0.1) is 33.5 Å². The van der Waals surface area contributed by atoms with E-state index in [1.165, 1.54) is 65.6 Å². The normalized spacial score (nSPS) is 11.8. The van der Waals surface area contributed by atoms with Crippen LogP contribution in [0.1, 0.15) is 0 Å². The number of hydrogen-bond acceptors (Lipinski definition) is 2. The molecule has 0 fully saturated rings. The second-order valence-corrected chi connectivity index (χ2v) is 16.6. The molecule has 0 saturated carbocycles. The summed E-state index contributed by atoms with van der Waals surface area (Å²) < 4.78 is 4.60. The van der Waals surface area contributed by atoms with Crippen molar-refractivity contribution in [1.29, 1.82) is 0 Å². The maximum absolute atomic E-state index is 5.26. The zero-order valence-corrected chi connectivity index (χ0v) is 34.7. The van der Waals surface area contributed by atoms with E-state index in [4.69, 9.17) is 9.97 Å². The zero-order chi connectivity index (χ0) is 42.1. The van der Waals surface area contributed by atoms with Gasteiger partial charge in [-0.15, -0.1) is 0 Å². The van der Waals surface area contributed by atoms with Gasteiger partial charge in [-0.25, -0.2) is 9.97 Å². The monoisotopic (exact) mass is 814 g/mol. The van der Waals surface area contributed by atoms with Gasteiger partial charge in [-0.2, -0.15) is 0 Å². The van der Waals surface area contributed by atoms with Crippen LogP contribution in [-0.4, -0.2) is 19.1 Å². The molecule has 0 saturated heterocycles. The first-order valence-electron chi connectivity index (χ1n) is 21.8. The molecule has 13 rings (SSSR count). The second kappa shape index (κ2) is 14.5. The third kappa shape index (κ3) is 5.84. The van der Waals surface area contributed by atoms with E-state index < -0.39 is 0 Å². The van der Waals surface area contributed by atoms with Crippen LogP contribution < -0.4 is 0 Å². The van der Waals surface area contributed by atoms with Crippen LogP contribution in [0.5, 0.6) is 0 Å². The fourth-order valence-corrected chi connectivity index (χ4v) is 9.85. The molecule has 298 valence electrons. The number of nitrogens with zero attached hydrogens (tertiary/aromatic N) is 4. The summed E-state index contributed by atoms with van der Waals surface area (Å²) in [5.41, 5.74) is 14.3. The Labute approximate surface area is 369 Å². The van der Waals surface area contributed by atoms with Gasteiger partial charge >= 0.3 is 0 Å². The number of para-hydroxylation sites is 3. The number of aromatic nitrogens is 4. The lowest BCUT2D eigenvalue weighted by Gasteiger charge is -2.12. The van der Waals surface area contributed by atoms with Crippen LogP contribution in [0.2, 0.25) is 0 Å². The predicted octanol–water partition coefficient (Wildman–Crippen LogP) is 15.6. The minimum atomic E-state index is 0.645. The summed E-state index contributed by atoms with van der Waals surface area (Å²) in [6.45, 7) is 0. The lowest BCUT2D eigenvalue weighted by atomic mass is 9.94. The fraction of sp³-hybridized carbons (Fsp3) is 0. The molecule has 13 aromatic rings. The SMILES string of the molecule is c1ccc(-c2cc(-c3ccccc3)nc(-n3c4ccccc4c4ccc(-c5ccc6c(ccc7cc(-c8ccc9c(c8)c8ccccc8n9-c8ccccc8)ccc76)c5)cc43)n2)cc1. The minimum Gasteiger partial charge on any atom is -0.309 e. The largest absolute Gasteiger partial charge is 0.309 e. The standard InChI is InChI=1S/C60H38N4/c1-4-14-39(15-5-1)54-38-55(40-16-6-2-7-17-40)62-60(61-54)64-57-23-13-10-20-50(57)52-32-28-44(37-59(52)64)42-27-31-49-46(35-42)25-24-45-34-41(26-30-48(45)49)43-29-33-58-53(36-43)51-21-11-12-22-56(51)63(58)47-18-8-3-9-19-47/h1-38H. The third-order valence-corrected chi connectivity index (χ3v) is 12.9. The van der Waals surface area contributed by atoms with Crippen LogP contribution >= 0.6 is 0 Å². The number of benzene rings is 10. The van der Waals surface area contributed by atoms with Crippen LogP contribution in [0.15, 0.2) is 231 Å². The average molecular weight is 815 g/mol. The Hall–Kier alpha value is -8.60.